The summed E-state index contributed by atoms with van der Waals surface area (Å²) in [6.07, 6.45) is 2.13. The van der Waals surface area contributed by atoms with Crippen molar-refractivity contribution >= 4 is 17.1 Å². The van der Waals surface area contributed by atoms with E-state index in [2.05, 4.69) is 5.10 Å². The van der Waals surface area contributed by atoms with Crippen LogP contribution in [-0.2, 0) is 0 Å². The molecule has 0 saturated carbocycles. The summed E-state index contributed by atoms with van der Waals surface area (Å²) in [6, 6.07) is 10.0. The van der Waals surface area contributed by atoms with Crippen LogP contribution in [0, 0.1) is 23.3 Å². The van der Waals surface area contributed by atoms with E-state index in [9.17, 15) is 27.2 Å². The average Bonchev–Trinajstić information content (AvgIpc) is 3.15. The summed E-state index contributed by atoms with van der Waals surface area (Å²) in [7, 11) is 0. The van der Waals surface area contributed by atoms with Gasteiger partial charge >= 0.3 is 0 Å². The molecule has 1 amide bonds. The Hall–Kier alpha value is -4.08. The van der Waals surface area contributed by atoms with Gasteiger partial charge in [-0.1, -0.05) is 25.1 Å². The van der Waals surface area contributed by atoms with Crippen LogP contribution in [0.15, 0.2) is 53.5 Å². The molecule has 0 spiro atoms. The Labute approximate surface area is 184 Å². The number of carbonyl (C=O) groups excluding carboxylic acids is 1. The average molecular weight is 459 g/mol. The Morgan fingerprint density at radius 3 is 2.45 bits per heavy atom. The summed E-state index contributed by atoms with van der Waals surface area (Å²) in [4.78, 5) is 24.7. The fourth-order valence-electron chi connectivity index (χ4n) is 3.38. The molecule has 0 aliphatic rings. The van der Waals surface area contributed by atoms with E-state index in [1.807, 2.05) is 6.92 Å². The molecule has 0 fully saturated rings. The molecule has 0 saturated heterocycles. The van der Waals surface area contributed by atoms with E-state index in [1.165, 1.54) is 47.1 Å². The molecule has 0 unspecified atom stereocenters. The van der Waals surface area contributed by atoms with Gasteiger partial charge in [-0.25, -0.2) is 17.6 Å². The second-order valence-corrected chi connectivity index (χ2v) is 7.11. The number of halogens is 4. The molecule has 0 bridgehead atoms. The van der Waals surface area contributed by atoms with Crippen molar-refractivity contribution in [1.82, 2.24) is 9.61 Å². The number of hydrogen-bond donors (Lipinski definition) is 2. The molecular formula is C23H17F4N3O3. The number of amides is 1. The molecule has 4 aromatic rings. The van der Waals surface area contributed by atoms with Crippen LogP contribution in [0.4, 0.5) is 23.2 Å². The lowest BCUT2D eigenvalue weighted by atomic mass is 10.0. The van der Waals surface area contributed by atoms with Gasteiger partial charge in [0.1, 0.15) is 17.0 Å². The number of aromatic amines is 1. The zero-order valence-electron chi connectivity index (χ0n) is 17.2. The van der Waals surface area contributed by atoms with Crippen LogP contribution < -0.4 is 15.6 Å². The number of anilines is 1. The van der Waals surface area contributed by atoms with Crippen molar-refractivity contribution in [3.8, 4) is 16.9 Å². The predicted octanol–water partition coefficient (Wildman–Crippen LogP) is 4.89. The summed E-state index contributed by atoms with van der Waals surface area (Å²) in [5, 5.41) is 4.14. The second-order valence-electron chi connectivity index (χ2n) is 7.11. The number of benzene rings is 2. The first-order chi connectivity index (χ1) is 15.8. The molecule has 170 valence electrons. The maximum Gasteiger partial charge on any atom is 0.277 e. The van der Waals surface area contributed by atoms with Crippen LogP contribution in [0.3, 0.4) is 0 Å². The summed E-state index contributed by atoms with van der Waals surface area (Å²) < 4.78 is 65.9. The quantitative estimate of drug-likeness (QED) is 0.318. The number of aromatic nitrogens is 2. The molecule has 2 N–H and O–H groups in total. The van der Waals surface area contributed by atoms with Gasteiger partial charge in [0.2, 0.25) is 0 Å². The molecule has 4 rings (SSSR count). The standard InChI is InChI=1S/C23H17F4N3O3/c1-2-10-33-13-7-5-6-12(11-13)15-17(24)19(26)21(20(27)18(15)25)28-22(31)16-14-8-3-4-9-30(14)29-23(16)32/h3-9,11H,2,10H2,1H3,(H,28,31)(H,29,32). The molecule has 2 aromatic carbocycles. The Kier molecular flexibility index (Phi) is 5.91. The van der Waals surface area contributed by atoms with Gasteiger partial charge in [-0.05, 0) is 36.2 Å². The third kappa shape index (κ3) is 3.95. The van der Waals surface area contributed by atoms with Crippen molar-refractivity contribution in [2.45, 2.75) is 13.3 Å². The highest BCUT2D eigenvalue weighted by Gasteiger charge is 2.29. The minimum atomic E-state index is -1.81. The molecule has 2 aromatic heterocycles. The highest BCUT2D eigenvalue weighted by molar-refractivity contribution is 6.08. The van der Waals surface area contributed by atoms with E-state index in [1.54, 1.807) is 11.4 Å². The molecular weight excluding hydrogens is 442 g/mol. The van der Waals surface area contributed by atoms with E-state index < -0.39 is 51.5 Å². The first kappa shape index (κ1) is 22.1. The number of ether oxygens (including phenoxy) is 1. The topological polar surface area (TPSA) is 75.6 Å². The molecule has 6 nitrogen and oxygen atoms in total. The highest BCUT2D eigenvalue weighted by atomic mass is 19.2. The van der Waals surface area contributed by atoms with Crippen LogP contribution >= 0.6 is 0 Å². The Morgan fingerprint density at radius 1 is 1.03 bits per heavy atom. The van der Waals surface area contributed by atoms with E-state index in [0.717, 1.165) is 0 Å². The molecule has 0 aliphatic heterocycles. The van der Waals surface area contributed by atoms with Crippen LogP contribution in [-0.4, -0.2) is 22.1 Å². The lowest BCUT2D eigenvalue weighted by Crippen LogP contribution is -2.22. The monoisotopic (exact) mass is 459 g/mol. The van der Waals surface area contributed by atoms with Gasteiger partial charge in [-0.15, -0.1) is 0 Å². The summed E-state index contributed by atoms with van der Waals surface area (Å²) in [6.45, 7) is 2.21. The lowest BCUT2D eigenvalue weighted by Gasteiger charge is -2.14. The SMILES string of the molecule is CCCOc1cccc(-c2c(F)c(F)c(NC(=O)c3c(=O)[nH]n4ccccc34)c(F)c2F)c1. The smallest absolute Gasteiger partial charge is 0.277 e. The van der Waals surface area contributed by atoms with Crippen molar-refractivity contribution in [3.05, 3.63) is 87.8 Å². The minimum absolute atomic E-state index is 0.113. The van der Waals surface area contributed by atoms with E-state index >= 15 is 0 Å². The fourth-order valence-corrected chi connectivity index (χ4v) is 3.38. The van der Waals surface area contributed by atoms with Crippen LogP contribution in [0.1, 0.15) is 23.7 Å². The van der Waals surface area contributed by atoms with Gasteiger partial charge in [0.15, 0.2) is 23.3 Å². The first-order valence-corrected chi connectivity index (χ1v) is 9.93. The van der Waals surface area contributed by atoms with Gasteiger partial charge in [0.25, 0.3) is 11.5 Å². The van der Waals surface area contributed by atoms with Gasteiger partial charge in [-0.2, -0.15) is 0 Å². The maximum atomic E-state index is 14.9. The third-order valence-corrected chi connectivity index (χ3v) is 4.89. The van der Waals surface area contributed by atoms with Crippen molar-refractivity contribution in [3.63, 3.8) is 0 Å². The number of pyridine rings is 1. The second kappa shape index (κ2) is 8.81. The number of carbonyl (C=O) groups is 1. The molecule has 10 heteroatoms. The normalized spacial score (nSPS) is 11.1. The van der Waals surface area contributed by atoms with Gasteiger partial charge in [-0.3, -0.25) is 19.2 Å². The Morgan fingerprint density at radius 2 is 1.76 bits per heavy atom. The number of nitrogens with one attached hydrogen (secondary N) is 2. The predicted molar refractivity (Wildman–Crippen MR) is 113 cm³/mol. The summed E-state index contributed by atoms with van der Waals surface area (Å²) in [5.41, 5.74) is -3.64. The van der Waals surface area contributed by atoms with Crippen LogP contribution in [0.2, 0.25) is 0 Å². The zero-order valence-corrected chi connectivity index (χ0v) is 17.2. The highest BCUT2D eigenvalue weighted by Crippen LogP contribution is 2.36. The Balaban J connectivity index is 1.75. The van der Waals surface area contributed by atoms with Crippen molar-refractivity contribution < 1.29 is 27.1 Å². The van der Waals surface area contributed by atoms with Crippen molar-refractivity contribution in [2.24, 2.45) is 0 Å². The first-order valence-electron chi connectivity index (χ1n) is 9.93. The van der Waals surface area contributed by atoms with E-state index in [0.29, 0.717) is 13.0 Å². The van der Waals surface area contributed by atoms with Crippen molar-refractivity contribution in [2.75, 3.05) is 11.9 Å². The fraction of sp³-hybridized carbons (Fsp3) is 0.130. The van der Waals surface area contributed by atoms with Crippen LogP contribution in [0.5, 0.6) is 5.75 Å². The molecule has 0 aliphatic carbocycles. The molecule has 0 atom stereocenters. The number of H-pyrrole nitrogens is 1. The van der Waals surface area contributed by atoms with Gasteiger partial charge < -0.3 is 10.1 Å². The maximum absolute atomic E-state index is 14.9. The van der Waals surface area contributed by atoms with Gasteiger partial charge in [0, 0.05) is 6.20 Å². The zero-order chi connectivity index (χ0) is 23.7. The lowest BCUT2D eigenvalue weighted by molar-refractivity contribution is 0.102. The largest absolute Gasteiger partial charge is 0.494 e. The van der Waals surface area contributed by atoms with Gasteiger partial charge in [0.05, 0.1) is 17.7 Å². The van der Waals surface area contributed by atoms with E-state index in [-0.39, 0.29) is 16.8 Å². The number of rotatable bonds is 6. The molecule has 0 radical (unpaired) electrons. The van der Waals surface area contributed by atoms with Crippen LogP contribution in [0.25, 0.3) is 16.6 Å². The third-order valence-electron chi connectivity index (χ3n) is 4.89. The molecule has 33 heavy (non-hydrogen) atoms. The van der Waals surface area contributed by atoms with Crippen molar-refractivity contribution in [1.29, 1.82) is 0 Å². The minimum Gasteiger partial charge on any atom is -0.494 e. The number of fused-ring (bicyclic) bond motifs is 1. The number of hydrogen-bond acceptors (Lipinski definition) is 3. The molecule has 2 heterocycles. The van der Waals surface area contributed by atoms with E-state index in [4.69, 9.17) is 4.74 Å². The number of nitrogens with zero attached hydrogens (tertiary/aromatic N) is 1. The summed E-state index contributed by atoms with van der Waals surface area (Å²) in [5.74, 6) is -7.98. The summed E-state index contributed by atoms with van der Waals surface area (Å²) >= 11 is 0. The Bertz CT molecular complexity index is 1400.